The van der Waals surface area contributed by atoms with Crippen molar-refractivity contribution in [3.8, 4) is 11.8 Å². The number of ketones is 1. The van der Waals surface area contributed by atoms with Crippen LogP contribution in [0.5, 0.6) is 5.75 Å². The smallest absolute Gasteiger partial charge is 0.185 e. The minimum atomic E-state index is -0.791. The zero-order valence-electron chi connectivity index (χ0n) is 10.1. The van der Waals surface area contributed by atoms with Crippen molar-refractivity contribution in [1.29, 1.82) is 5.26 Å². The van der Waals surface area contributed by atoms with Crippen molar-refractivity contribution in [2.24, 2.45) is 0 Å². The Hall–Kier alpha value is -1.39. The molecular formula is C14H10INO2S. The van der Waals surface area contributed by atoms with Crippen LogP contribution < -0.4 is 4.74 Å². The first-order valence-electron chi connectivity index (χ1n) is 5.47. The lowest BCUT2D eigenvalue weighted by molar-refractivity contribution is 0.0979. The molecule has 96 valence electrons. The van der Waals surface area contributed by atoms with E-state index in [1.165, 1.54) is 11.3 Å². The van der Waals surface area contributed by atoms with Crippen LogP contribution >= 0.6 is 33.9 Å². The molecule has 19 heavy (non-hydrogen) atoms. The van der Waals surface area contributed by atoms with Gasteiger partial charge in [0.25, 0.3) is 0 Å². The summed E-state index contributed by atoms with van der Waals surface area (Å²) in [5, 5.41) is 11.1. The number of methoxy groups -OCH3 is 1. The minimum Gasteiger partial charge on any atom is -0.497 e. The van der Waals surface area contributed by atoms with Crippen LogP contribution in [0.2, 0.25) is 0 Å². The van der Waals surface area contributed by atoms with Gasteiger partial charge in [0, 0.05) is 10.9 Å². The predicted octanol–water partition coefficient (Wildman–Crippen LogP) is 3.85. The summed E-state index contributed by atoms with van der Waals surface area (Å²) in [6, 6.07) is 10.9. The van der Waals surface area contributed by atoms with Crippen LogP contribution in [0.4, 0.5) is 0 Å². The molecule has 1 heterocycles. The SMILES string of the molecule is COc1cccc(C(C#N)C(=O)c2csc(I)c2)c1. The molecule has 0 aliphatic heterocycles. The van der Waals surface area contributed by atoms with Crippen molar-refractivity contribution in [3.05, 3.63) is 49.7 Å². The first kappa shape index (κ1) is 14.0. The first-order chi connectivity index (χ1) is 9.15. The van der Waals surface area contributed by atoms with Crippen LogP contribution in [0, 0.1) is 14.2 Å². The average Bonchev–Trinajstić information content (AvgIpc) is 2.86. The van der Waals surface area contributed by atoms with E-state index >= 15 is 0 Å². The summed E-state index contributed by atoms with van der Waals surface area (Å²) in [5.74, 6) is -0.319. The number of Topliss-reactive ketones (excluding diaryl/α,β-unsaturated/α-hetero) is 1. The number of nitrogens with zero attached hydrogens (tertiary/aromatic N) is 1. The Morgan fingerprint density at radius 2 is 2.26 bits per heavy atom. The van der Waals surface area contributed by atoms with E-state index in [0.29, 0.717) is 16.9 Å². The largest absolute Gasteiger partial charge is 0.497 e. The number of carbonyl (C=O) groups excluding carboxylic acids is 1. The van der Waals surface area contributed by atoms with E-state index in [4.69, 9.17) is 4.74 Å². The normalized spacial score (nSPS) is 11.6. The molecule has 0 fully saturated rings. The Bertz CT molecular complexity index is 645. The third kappa shape index (κ3) is 3.14. The van der Waals surface area contributed by atoms with Gasteiger partial charge in [-0.25, -0.2) is 0 Å². The summed E-state index contributed by atoms with van der Waals surface area (Å²) >= 11 is 3.65. The van der Waals surface area contributed by atoms with Gasteiger partial charge in [0.2, 0.25) is 0 Å². The van der Waals surface area contributed by atoms with E-state index in [1.54, 1.807) is 42.8 Å². The molecule has 1 atom stereocenters. The lowest BCUT2D eigenvalue weighted by Gasteiger charge is -2.09. The molecule has 0 N–H and O–H groups in total. The fraction of sp³-hybridized carbons (Fsp3) is 0.143. The molecule has 1 aromatic heterocycles. The maximum Gasteiger partial charge on any atom is 0.185 e. The predicted molar refractivity (Wildman–Crippen MR) is 82.7 cm³/mol. The highest BCUT2D eigenvalue weighted by Crippen LogP contribution is 2.26. The average molecular weight is 383 g/mol. The fourth-order valence-corrected chi connectivity index (χ4v) is 3.05. The number of rotatable bonds is 4. The van der Waals surface area contributed by atoms with Gasteiger partial charge in [-0.2, -0.15) is 5.26 Å². The number of carbonyl (C=O) groups is 1. The Labute approximate surface area is 129 Å². The maximum absolute atomic E-state index is 12.3. The van der Waals surface area contributed by atoms with Gasteiger partial charge < -0.3 is 4.74 Å². The van der Waals surface area contributed by atoms with Crippen molar-refractivity contribution in [2.75, 3.05) is 7.11 Å². The van der Waals surface area contributed by atoms with Crippen molar-refractivity contribution >= 4 is 39.7 Å². The topological polar surface area (TPSA) is 50.1 Å². The van der Waals surface area contributed by atoms with Gasteiger partial charge in [0.05, 0.1) is 16.1 Å². The van der Waals surface area contributed by atoms with E-state index in [-0.39, 0.29) is 5.78 Å². The highest BCUT2D eigenvalue weighted by atomic mass is 127. The maximum atomic E-state index is 12.3. The van der Waals surface area contributed by atoms with Crippen molar-refractivity contribution in [2.45, 2.75) is 5.92 Å². The van der Waals surface area contributed by atoms with Crippen molar-refractivity contribution in [1.82, 2.24) is 0 Å². The molecule has 0 aliphatic carbocycles. The first-order valence-corrected chi connectivity index (χ1v) is 7.43. The molecule has 0 radical (unpaired) electrons. The summed E-state index contributed by atoms with van der Waals surface area (Å²) in [4.78, 5) is 12.3. The molecule has 2 rings (SSSR count). The van der Waals surface area contributed by atoms with E-state index < -0.39 is 5.92 Å². The molecule has 0 amide bonds. The number of benzene rings is 1. The van der Waals surface area contributed by atoms with Crippen molar-refractivity contribution < 1.29 is 9.53 Å². The zero-order valence-corrected chi connectivity index (χ0v) is 13.1. The van der Waals surface area contributed by atoms with E-state index in [1.807, 2.05) is 0 Å². The molecule has 2 aromatic rings. The highest BCUT2D eigenvalue weighted by molar-refractivity contribution is 14.1. The molecule has 0 aliphatic rings. The highest BCUT2D eigenvalue weighted by Gasteiger charge is 2.23. The Morgan fingerprint density at radius 1 is 1.47 bits per heavy atom. The minimum absolute atomic E-state index is 0.171. The second-order valence-corrected chi connectivity index (χ2v) is 6.65. The molecule has 5 heteroatoms. The van der Waals surface area contributed by atoms with Gasteiger partial charge in [0.1, 0.15) is 11.7 Å². The molecule has 3 nitrogen and oxygen atoms in total. The molecular weight excluding hydrogens is 373 g/mol. The molecule has 0 spiro atoms. The van der Waals surface area contributed by atoms with Gasteiger partial charge in [-0.05, 0) is 46.4 Å². The monoisotopic (exact) mass is 383 g/mol. The fourth-order valence-electron chi connectivity index (χ4n) is 1.71. The summed E-state index contributed by atoms with van der Waals surface area (Å²) in [6.45, 7) is 0. The molecule has 1 unspecified atom stereocenters. The van der Waals surface area contributed by atoms with Crippen LogP contribution in [-0.2, 0) is 0 Å². The second-order valence-electron chi connectivity index (χ2n) is 3.84. The van der Waals surface area contributed by atoms with Crippen LogP contribution in [0.3, 0.4) is 0 Å². The number of thiophene rings is 1. The van der Waals surface area contributed by atoms with Gasteiger partial charge in [-0.15, -0.1) is 11.3 Å². The van der Waals surface area contributed by atoms with Gasteiger partial charge in [0.15, 0.2) is 5.78 Å². The van der Waals surface area contributed by atoms with Crippen molar-refractivity contribution in [3.63, 3.8) is 0 Å². The summed E-state index contributed by atoms with van der Waals surface area (Å²) < 4.78 is 6.15. The lowest BCUT2D eigenvalue weighted by Crippen LogP contribution is -2.10. The molecule has 0 saturated carbocycles. The number of ether oxygens (including phenoxy) is 1. The Kier molecular flexibility index (Phi) is 4.56. The third-order valence-corrected chi connectivity index (χ3v) is 4.46. The zero-order chi connectivity index (χ0) is 13.8. The van der Waals surface area contributed by atoms with E-state index in [0.717, 1.165) is 2.88 Å². The molecule has 0 saturated heterocycles. The van der Waals surface area contributed by atoms with Crippen LogP contribution in [-0.4, -0.2) is 12.9 Å². The molecule has 0 bridgehead atoms. The van der Waals surface area contributed by atoms with Crippen LogP contribution in [0.25, 0.3) is 0 Å². The lowest BCUT2D eigenvalue weighted by atomic mass is 9.93. The Balaban J connectivity index is 2.34. The van der Waals surface area contributed by atoms with Crippen LogP contribution in [0.1, 0.15) is 21.8 Å². The van der Waals surface area contributed by atoms with Gasteiger partial charge in [-0.3, -0.25) is 4.79 Å². The quantitative estimate of drug-likeness (QED) is 0.595. The number of hydrogen-bond acceptors (Lipinski definition) is 4. The number of nitriles is 1. The molecule has 1 aromatic carbocycles. The third-order valence-electron chi connectivity index (χ3n) is 2.67. The number of hydrogen-bond donors (Lipinski definition) is 0. The standard InChI is InChI=1S/C14H10INO2S/c1-18-11-4-2-3-9(5-11)12(7-16)14(17)10-6-13(15)19-8-10/h2-6,8,12H,1H3. The second kappa shape index (κ2) is 6.17. The van der Waals surface area contributed by atoms with E-state index in [9.17, 15) is 10.1 Å². The summed E-state index contributed by atoms with van der Waals surface area (Å²) in [7, 11) is 1.56. The Morgan fingerprint density at radius 3 is 2.84 bits per heavy atom. The van der Waals surface area contributed by atoms with Gasteiger partial charge >= 0.3 is 0 Å². The van der Waals surface area contributed by atoms with Gasteiger partial charge in [-0.1, -0.05) is 12.1 Å². The van der Waals surface area contributed by atoms with E-state index in [2.05, 4.69) is 28.7 Å². The summed E-state index contributed by atoms with van der Waals surface area (Å²) in [5.41, 5.74) is 1.25. The van der Waals surface area contributed by atoms with Crippen LogP contribution in [0.15, 0.2) is 35.7 Å². The summed E-state index contributed by atoms with van der Waals surface area (Å²) in [6.07, 6.45) is 0. The number of halogens is 1.